The van der Waals surface area contributed by atoms with E-state index in [2.05, 4.69) is 12.2 Å². The van der Waals surface area contributed by atoms with Crippen LogP contribution in [0.25, 0.3) is 0 Å². The highest BCUT2D eigenvalue weighted by Crippen LogP contribution is 2.13. The molecule has 0 aromatic heterocycles. The molecule has 0 saturated carbocycles. The lowest BCUT2D eigenvalue weighted by Crippen LogP contribution is -2.41. The fourth-order valence-electron chi connectivity index (χ4n) is 4.19. The number of rotatable bonds is 25. The van der Waals surface area contributed by atoms with Gasteiger partial charge in [-0.05, 0) is 20.5 Å². The number of methoxy groups -OCH3 is 1. The molecule has 0 fully saturated rings. The van der Waals surface area contributed by atoms with Crippen LogP contribution in [-0.4, -0.2) is 88.1 Å². The lowest BCUT2D eigenvalue weighted by molar-refractivity contribution is -0.127. The van der Waals surface area contributed by atoms with E-state index in [1.165, 1.54) is 104 Å². The highest BCUT2D eigenvalue weighted by molar-refractivity contribution is 5.90. The molecule has 3 amide bonds. The summed E-state index contributed by atoms with van der Waals surface area (Å²) in [5, 5.41) is 2.76. The third kappa shape index (κ3) is 25.4. The van der Waals surface area contributed by atoms with Gasteiger partial charge in [-0.25, -0.2) is 14.5 Å². The maximum Gasteiger partial charge on any atom is 0.416 e. The number of nitrogens with one attached hydrogen (secondary N) is 1. The van der Waals surface area contributed by atoms with Gasteiger partial charge in [-0.2, -0.15) is 0 Å². The largest absolute Gasteiger partial charge is 0.447 e. The van der Waals surface area contributed by atoms with E-state index in [1.807, 2.05) is 19.0 Å². The summed E-state index contributed by atoms with van der Waals surface area (Å²) in [6.45, 7) is 4.76. The molecule has 238 valence electrons. The molecule has 0 aliphatic heterocycles. The maximum atomic E-state index is 12.2. The topological polar surface area (TPSA) is 97.4 Å². The molecule has 0 rings (SSSR count). The van der Waals surface area contributed by atoms with E-state index in [-0.39, 0.29) is 38.1 Å². The van der Waals surface area contributed by atoms with Crippen LogP contribution in [0, 0.1) is 0 Å². The average molecular weight is 594 g/mol. The Bertz CT molecular complexity index is 624. The number of alkyl carbamates (subject to hydrolysis) is 1. The standard InChI is InChI=1S/C30H59N3O6.ClH/c1-6-7-8-9-10-11-12-13-14-15-16-17-18-19-20-21-22-31-29(35)38-25-28(37-5)26-39-30(36)33(27(2)34)24-23-32(3)4;/h28H,6-26H2,1-5H3,(H,31,35);1H. The number of nitrogens with zero attached hydrogens (tertiary/aromatic N) is 2. The fourth-order valence-corrected chi connectivity index (χ4v) is 4.19. The van der Waals surface area contributed by atoms with Crippen molar-refractivity contribution in [3.63, 3.8) is 0 Å². The highest BCUT2D eigenvalue weighted by Gasteiger charge is 2.21. The Morgan fingerprint density at radius 1 is 0.700 bits per heavy atom. The first-order valence-corrected chi connectivity index (χ1v) is 15.3. The third-order valence-electron chi connectivity index (χ3n) is 6.80. The fraction of sp³-hybridized carbons (Fsp3) is 0.900. The minimum absolute atomic E-state index is 0. The van der Waals surface area contributed by atoms with E-state index in [9.17, 15) is 14.4 Å². The van der Waals surface area contributed by atoms with E-state index in [0.29, 0.717) is 13.1 Å². The normalized spacial score (nSPS) is 11.6. The van der Waals surface area contributed by atoms with Gasteiger partial charge in [-0.3, -0.25) is 4.79 Å². The van der Waals surface area contributed by atoms with Crippen molar-refractivity contribution in [2.75, 3.05) is 54.1 Å². The third-order valence-corrected chi connectivity index (χ3v) is 6.80. The molecular formula is C30H60ClN3O6. The zero-order chi connectivity index (χ0) is 29.1. The highest BCUT2D eigenvalue weighted by atomic mass is 35.5. The molecule has 1 N–H and O–H groups in total. The molecule has 0 aliphatic carbocycles. The molecule has 0 radical (unpaired) electrons. The Balaban J connectivity index is 0. The van der Waals surface area contributed by atoms with Crippen LogP contribution in [0.1, 0.15) is 117 Å². The van der Waals surface area contributed by atoms with Crippen molar-refractivity contribution in [3.05, 3.63) is 0 Å². The van der Waals surface area contributed by atoms with E-state index >= 15 is 0 Å². The lowest BCUT2D eigenvalue weighted by Gasteiger charge is -2.22. The van der Waals surface area contributed by atoms with Crippen LogP contribution in [0.5, 0.6) is 0 Å². The Hall–Kier alpha value is -1.58. The number of amides is 3. The van der Waals surface area contributed by atoms with Crippen molar-refractivity contribution < 1.29 is 28.6 Å². The predicted molar refractivity (Wildman–Crippen MR) is 164 cm³/mol. The van der Waals surface area contributed by atoms with E-state index in [0.717, 1.165) is 17.7 Å². The number of hydrogen-bond acceptors (Lipinski definition) is 7. The van der Waals surface area contributed by atoms with Gasteiger partial charge in [0.15, 0.2) is 0 Å². The van der Waals surface area contributed by atoms with Gasteiger partial charge in [-0.15, -0.1) is 12.4 Å². The van der Waals surface area contributed by atoms with Crippen LogP contribution in [0.4, 0.5) is 9.59 Å². The number of imide groups is 1. The van der Waals surface area contributed by atoms with Gasteiger partial charge in [0, 0.05) is 33.7 Å². The lowest BCUT2D eigenvalue weighted by atomic mass is 10.0. The summed E-state index contributed by atoms with van der Waals surface area (Å²) in [5.74, 6) is -0.388. The molecule has 0 bridgehead atoms. The van der Waals surface area contributed by atoms with Crippen LogP contribution < -0.4 is 5.32 Å². The Morgan fingerprint density at radius 2 is 1.15 bits per heavy atom. The summed E-state index contributed by atoms with van der Waals surface area (Å²) in [6.07, 6.45) is 19.1. The summed E-state index contributed by atoms with van der Waals surface area (Å²) >= 11 is 0. The average Bonchev–Trinajstić information content (AvgIpc) is 2.90. The van der Waals surface area contributed by atoms with Crippen molar-refractivity contribution in [1.82, 2.24) is 15.1 Å². The monoisotopic (exact) mass is 593 g/mol. The number of ether oxygens (including phenoxy) is 3. The number of likely N-dealkylation sites (N-methyl/N-ethyl adjacent to an activating group) is 1. The van der Waals surface area contributed by atoms with Gasteiger partial charge in [0.2, 0.25) is 5.91 Å². The van der Waals surface area contributed by atoms with Gasteiger partial charge in [0.25, 0.3) is 0 Å². The molecule has 0 aromatic carbocycles. The number of halogens is 1. The molecule has 0 aliphatic rings. The van der Waals surface area contributed by atoms with Crippen molar-refractivity contribution in [3.8, 4) is 0 Å². The molecule has 1 atom stereocenters. The molecular weight excluding hydrogens is 534 g/mol. The second kappa shape index (κ2) is 28.9. The summed E-state index contributed by atoms with van der Waals surface area (Å²) in [6, 6.07) is 0. The second-order valence-corrected chi connectivity index (χ2v) is 10.7. The first-order chi connectivity index (χ1) is 18.8. The quantitative estimate of drug-likeness (QED) is 0.114. The van der Waals surface area contributed by atoms with E-state index in [1.54, 1.807) is 0 Å². The van der Waals surface area contributed by atoms with E-state index in [4.69, 9.17) is 14.2 Å². The molecule has 0 heterocycles. The van der Waals surface area contributed by atoms with Crippen LogP contribution in [-0.2, 0) is 19.0 Å². The van der Waals surface area contributed by atoms with Gasteiger partial charge in [-0.1, -0.05) is 103 Å². The molecule has 1 unspecified atom stereocenters. The Morgan fingerprint density at radius 3 is 1.57 bits per heavy atom. The zero-order valence-corrected chi connectivity index (χ0v) is 27.0. The van der Waals surface area contributed by atoms with Gasteiger partial charge >= 0.3 is 12.2 Å². The van der Waals surface area contributed by atoms with Crippen molar-refractivity contribution in [2.45, 2.75) is 123 Å². The maximum absolute atomic E-state index is 12.2. The van der Waals surface area contributed by atoms with Gasteiger partial charge in [0.05, 0.1) is 0 Å². The number of carbonyl (C=O) groups excluding carboxylic acids is 3. The number of carbonyl (C=O) groups is 3. The van der Waals surface area contributed by atoms with Crippen molar-refractivity contribution in [1.29, 1.82) is 0 Å². The first-order valence-electron chi connectivity index (χ1n) is 15.3. The second-order valence-electron chi connectivity index (χ2n) is 10.7. The van der Waals surface area contributed by atoms with Crippen LogP contribution >= 0.6 is 12.4 Å². The smallest absolute Gasteiger partial charge is 0.416 e. The van der Waals surface area contributed by atoms with Crippen LogP contribution in [0.2, 0.25) is 0 Å². The van der Waals surface area contributed by atoms with Crippen LogP contribution in [0.15, 0.2) is 0 Å². The summed E-state index contributed by atoms with van der Waals surface area (Å²) < 4.78 is 15.6. The molecule has 0 spiro atoms. The summed E-state index contributed by atoms with van der Waals surface area (Å²) in [7, 11) is 5.16. The van der Waals surface area contributed by atoms with Crippen molar-refractivity contribution >= 4 is 30.5 Å². The summed E-state index contributed by atoms with van der Waals surface area (Å²) in [4.78, 5) is 38.8. The number of unbranched alkanes of at least 4 members (excludes halogenated alkanes) is 15. The SMILES string of the molecule is CCCCCCCCCCCCCCCCCCNC(=O)OCC(COC(=O)N(CCN(C)C)C(C)=O)OC.Cl. The summed E-state index contributed by atoms with van der Waals surface area (Å²) in [5.41, 5.74) is 0. The molecule has 0 saturated heterocycles. The molecule has 0 aromatic rings. The zero-order valence-electron chi connectivity index (χ0n) is 26.2. The molecule has 9 nitrogen and oxygen atoms in total. The Kier molecular flexibility index (Phi) is 29.3. The van der Waals surface area contributed by atoms with Gasteiger partial charge < -0.3 is 24.4 Å². The van der Waals surface area contributed by atoms with Gasteiger partial charge in [0.1, 0.15) is 19.3 Å². The molecule has 40 heavy (non-hydrogen) atoms. The Labute approximate surface area is 250 Å². The minimum Gasteiger partial charge on any atom is -0.447 e. The van der Waals surface area contributed by atoms with E-state index < -0.39 is 18.3 Å². The minimum atomic E-state index is -0.737. The van der Waals surface area contributed by atoms with Crippen molar-refractivity contribution in [2.24, 2.45) is 0 Å². The molecule has 10 heteroatoms. The number of hydrogen-bond donors (Lipinski definition) is 1. The first kappa shape index (κ1) is 40.6. The van der Waals surface area contributed by atoms with Crippen LogP contribution in [0.3, 0.4) is 0 Å². The predicted octanol–water partition coefficient (Wildman–Crippen LogP) is 6.96.